The molecule has 0 saturated heterocycles. The lowest BCUT2D eigenvalue weighted by atomic mass is 9.92. The zero-order chi connectivity index (χ0) is 13.3. The molecule has 0 saturated carbocycles. The number of hydrogen-bond donors (Lipinski definition) is 2. The Labute approximate surface area is 107 Å². The smallest absolute Gasteiger partial charge is 0.241 e. The molecule has 2 aromatic rings. The van der Waals surface area contributed by atoms with Crippen molar-refractivity contribution < 1.29 is 4.79 Å². The van der Waals surface area contributed by atoms with Gasteiger partial charge in [-0.15, -0.1) is 0 Å². The summed E-state index contributed by atoms with van der Waals surface area (Å²) in [5.41, 5.74) is 4.06. The standard InChI is InChI=1S/C14H19N3O/c1-10-4-5-12-11(8-10)6-7-17(12)9-14(2,3)13(18)16-15/h4-8H,9,15H2,1-3H3,(H,16,18). The third-order valence-electron chi connectivity index (χ3n) is 3.24. The summed E-state index contributed by atoms with van der Waals surface area (Å²) in [6.45, 7) is 6.44. The number of hydrogen-bond acceptors (Lipinski definition) is 2. The van der Waals surface area contributed by atoms with E-state index in [4.69, 9.17) is 5.84 Å². The van der Waals surface area contributed by atoms with Crippen LogP contribution in [0, 0.1) is 12.3 Å². The summed E-state index contributed by atoms with van der Waals surface area (Å²) >= 11 is 0. The van der Waals surface area contributed by atoms with Gasteiger partial charge in [-0.3, -0.25) is 10.2 Å². The highest BCUT2D eigenvalue weighted by Crippen LogP contribution is 2.23. The summed E-state index contributed by atoms with van der Waals surface area (Å²) in [4.78, 5) is 11.7. The number of nitrogens with zero attached hydrogens (tertiary/aromatic N) is 1. The van der Waals surface area contributed by atoms with Crippen LogP contribution >= 0.6 is 0 Å². The maximum atomic E-state index is 11.7. The Kier molecular flexibility index (Phi) is 3.13. The van der Waals surface area contributed by atoms with Crippen LogP contribution in [0.4, 0.5) is 0 Å². The predicted octanol–water partition coefficient (Wildman–Crippen LogP) is 1.97. The highest BCUT2D eigenvalue weighted by atomic mass is 16.2. The van der Waals surface area contributed by atoms with Gasteiger partial charge in [0, 0.05) is 18.3 Å². The summed E-state index contributed by atoms with van der Waals surface area (Å²) in [7, 11) is 0. The first-order valence-electron chi connectivity index (χ1n) is 6.00. The van der Waals surface area contributed by atoms with Gasteiger partial charge in [-0.25, -0.2) is 5.84 Å². The summed E-state index contributed by atoms with van der Waals surface area (Å²) in [6, 6.07) is 8.37. The van der Waals surface area contributed by atoms with Crippen LogP contribution in [0.25, 0.3) is 10.9 Å². The van der Waals surface area contributed by atoms with Crippen LogP contribution in [0.5, 0.6) is 0 Å². The van der Waals surface area contributed by atoms with Crippen molar-refractivity contribution in [1.82, 2.24) is 9.99 Å². The van der Waals surface area contributed by atoms with Gasteiger partial charge in [0.15, 0.2) is 0 Å². The average Bonchev–Trinajstić information content (AvgIpc) is 2.69. The fourth-order valence-electron chi connectivity index (χ4n) is 2.15. The minimum atomic E-state index is -0.536. The third-order valence-corrected chi connectivity index (χ3v) is 3.24. The lowest BCUT2D eigenvalue weighted by Crippen LogP contribution is -2.43. The van der Waals surface area contributed by atoms with Gasteiger partial charge in [0.05, 0.1) is 5.41 Å². The largest absolute Gasteiger partial charge is 0.346 e. The molecule has 0 atom stereocenters. The number of fused-ring (bicyclic) bond motifs is 1. The first-order chi connectivity index (χ1) is 8.44. The Balaban J connectivity index is 2.35. The van der Waals surface area contributed by atoms with Crippen LogP contribution in [0.3, 0.4) is 0 Å². The molecule has 3 N–H and O–H groups in total. The number of aryl methyl sites for hydroxylation is 1. The van der Waals surface area contributed by atoms with Crippen LogP contribution in [0.15, 0.2) is 30.5 Å². The van der Waals surface area contributed by atoms with E-state index in [-0.39, 0.29) is 5.91 Å². The Morgan fingerprint density at radius 2 is 2.11 bits per heavy atom. The fraction of sp³-hybridized carbons (Fsp3) is 0.357. The molecule has 0 radical (unpaired) electrons. The molecule has 0 aliphatic heterocycles. The van der Waals surface area contributed by atoms with Gasteiger partial charge >= 0.3 is 0 Å². The van der Waals surface area contributed by atoms with Crippen LogP contribution in [0.2, 0.25) is 0 Å². The molecular formula is C14H19N3O. The average molecular weight is 245 g/mol. The number of hydrazine groups is 1. The Morgan fingerprint density at radius 3 is 2.78 bits per heavy atom. The monoisotopic (exact) mass is 245 g/mol. The van der Waals surface area contributed by atoms with Crippen molar-refractivity contribution in [2.24, 2.45) is 11.3 Å². The van der Waals surface area contributed by atoms with Crippen molar-refractivity contribution in [3.8, 4) is 0 Å². The number of nitrogens with one attached hydrogen (secondary N) is 1. The Morgan fingerprint density at radius 1 is 1.39 bits per heavy atom. The molecule has 1 heterocycles. The summed E-state index contributed by atoms with van der Waals surface area (Å²) in [5.74, 6) is 5.05. The van der Waals surface area contributed by atoms with Crippen LogP contribution in [0.1, 0.15) is 19.4 Å². The Hall–Kier alpha value is -1.81. The van der Waals surface area contributed by atoms with E-state index in [2.05, 4.69) is 41.2 Å². The first kappa shape index (κ1) is 12.6. The second-order valence-electron chi connectivity index (χ2n) is 5.36. The number of benzene rings is 1. The zero-order valence-corrected chi connectivity index (χ0v) is 11.0. The SMILES string of the molecule is Cc1ccc2c(ccn2CC(C)(C)C(=O)NN)c1. The van der Waals surface area contributed by atoms with E-state index in [1.54, 1.807) is 0 Å². The van der Waals surface area contributed by atoms with E-state index in [0.29, 0.717) is 6.54 Å². The molecule has 1 aromatic carbocycles. The molecule has 0 aliphatic rings. The lowest BCUT2D eigenvalue weighted by molar-refractivity contribution is -0.130. The second kappa shape index (κ2) is 4.46. The second-order valence-corrected chi connectivity index (χ2v) is 5.36. The summed E-state index contributed by atoms with van der Waals surface area (Å²) in [6.07, 6.45) is 2.01. The molecule has 2 rings (SSSR count). The molecule has 1 amide bonds. The van der Waals surface area contributed by atoms with Gasteiger partial charge < -0.3 is 4.57 Å². The van der Waals surface area contributed by atoms with Crippen LogP contribution in [-0.2, 0) is 11.3 Å². The predicted molar refractivity (Wildman–Crippen MR) is 72.8 cm³/mol. The summed E-state index contributed by atoms with van der Waals surface area (Å²) in [5, 5.41) is 1.19. The van der Waals surface area contributed by atoms with E-state index in [1.165, 1.54) is 10.9 Å². The molecule has 1 aromatic heterocycles. The van der Waals surface area contributed by atoms with Gasteiger partial charge in [-0.1, -0.05) is 11.6 Å². The highest BCUT2D eigenvalue weighted by molar-refractivity contribution is 5.83. The van der Waals surface area contributed by atoms with E-state index in [0.717, 1.165) is 5.52 Å². The van der Waals surface area contributed by atoms with Gasteiger partial charge in [-0.05, 0) is 44.4 Å². The Bertz CT molecular complexity index is 584. The van der Waals surface area contributed by atoms with E-state index >= 15 is 0 Å². The molecule has 18 heavy (non-hydrogen) atoms. The number of rotatable bonds is 3. The number of carbonyl (C=O) groups is 1. The van der Waals surface area contributed by atoms with Gasteiger partial charge in [0.25, 0.3) is 0 Å². The normalized spacial score (nSPS) is 11.8. The molecule has 0 spiro atoms. The molecule has 0 unspecified atom stereocenters. The highest BCUT2D eigenvalue weighted by Gasteiger charge is 2.27. The molecular weight excluding hydrogens is 226 g/mol. The first-order valence-corrected chi connectivity index (χ1v) is 6.00. The fourth-order valence-corrected chi connectivity index (χ4v) is 2.15. The lowest BCUT2D eigenvalue weighted by Gasteiger charge is -2.23. The quantitative estimate of drug-likeness (QED) is 0.493. The number of carbonyl (C=O) groups excluding carboxylic acids is 1. The molecule has 0 aliphatic carbocycles. The van der Waals surface area contributed by atoms with E-state index in [1.807, 2.05) is 20.0 Å². The van der Waals surface area contributed by atoms with Crippen molar-refractivity contribution in [2.45, 2.75) is 27.3 Å². The number of nitrogens with two attached hydrogens (primary N) is 1. The van der Waals surface area contributed by atoms with Crippen LogP contribution in [-0.4, -0.2) is 10.5 Å². The minimum absolute atomic E-state index is 0.156. The van der Waals surface area contributed by atoms with E-state index in [9.17, 15) is 4.79 Å². The summed E-state index contributed by atoms with van der Waals surface area (Å²) < 4.78 is 2.09. The van der Waals surface area contributed by atoms with Crippen molar-refractivity contribution in [3.63, 3.8) is 0 Å². The zero-order valence-electron chi connectivity index (χ0n) is 11.0. The third kappa shape index (κ3) is 2.24. The van der Waals surface area contributed by atoms with Gasteiger partial charge in [0.1, 0.15) is 0 Å². The van der Waals surface area contributed by atoms with Gasteiger partial charge in [0.2, 0.25) is 5.91 Å². The van der Waals surface area contributed by atoms with Crippen molar-refractivity contribution >= 4 is 16.8 Å². The maximum absolute atomic E-state index is 11.7. The van der Waals surface area contributed by atoms with Gasteiger partial charge in [-0.2, -0.15) is 0 Å². The molecule has 4 nitrogen and oxygen atoms in total. The van der Waals surface area contributed by atoms with Crippen molar-refractivity contribution in [3.05, 3.63) is 36.0 Å². The molecule has 96 valence electrons. The maximum Gasteiger partial charge on any atom is 0.241 e. The molecule has 0 bridgehead atoms. The number of aromatic nitrogens is 1. The van der Waals surface area contributed by atoms with E-state index < -0.39 is 5.41 Å². The van der Waals surface area contributed by atoms with Crippen molar-refractivity contribution in [1.29, 1.82) is 0 Å². The minimum Gasteiger partial charge on any atom is -0.346 e. The topological polar surface area (TPSA) is 60.0 Å². The van der Waals surface area contributed by atoms with Crippen molar-refractivity contribution in [2.75, 3.05) is 0 Å². The molecule has 0 fully saturated rings. The molecule has 4 heteroatoms. The van der Waals surface area contributed by atoms with Crippen LogP contribution < -0.4 is 11.3 Å². The number of amides is 1.